The fraction of sp³-hybridized carbons (Fsp3) is 0.435. The Labute approximate surface area is 167 Å². The van der Waals surface area contributed by atoms with Gasteiger partial charge < -0.3 is 20.5 Å². The third-order valence-corrected chi connectivity index (χ3v) is 5.20. The highest BCUT2D eigenvalue weighted by Crippen LogP contribution is 2.39. The predicted molar refractivity (Wildman–Crippen MR) is 114 cm³/mol. The monoisotopic (exact) mass is 382 g/mol. The van der Waals surface area contributed by atoms with E-state index in [0.29, 0.717) is 17.4 Å². The molecule has 150 valence electrons. The number of carbonyl (C=O) groups is 1. The number of ether oxygens (including phenoxy) is 1. The smallest absolute Gasteiger partial charge is 0.335 e. The van der Waals surface area contributed by atoms with Crippen molar-refractivity contribution >= 4 is 17.3 Å². The van der Waals surface area contributed by atoms with Crippen LogP contribution < -0.4 is 15.4 Å². The number of aromatic carboxylic acids is 1. The fourth-order valence-corrected chi connectivity index (χ4v) is 3.60. The van der Waals surface area contributed by atoms with Gasteiger partial charge in [0.05, 0.1) is 16.9 Å². The summed E-state index contributed by atoms with van der Waals surface area (Å²) in [4.78, 5) is 11.7. The number of unbranched alkanes of at least 4 members (excludes halogenated alkanes) is 1. The Morgan fingerprint density at radius 2 is 1.79 bits per heavy atom. The molecule has 1 fully saturated rings. The number of nitrogens with one attached hydrogen (secondary N) is 2. The molecule has 5 nitrogen and oxygen atoms in total. The molecular weight excluding hydrogens is 352 g/mol. The van der Waals surface area contributed by atoms with Gasteiger partial charge in [-0.05, 0) is 49.4 Å². The molecule has 0 saturated heterocycles. The summed E-state index contributed by atoms with van der Waals surface area (Å²) >= 11 is 0. The summed E-state index contributed by atoms with van der Waals surface area (Å²) in [6, 6.07) is 13.0. The van der Waals surface area contributed by atoms with Crippen LogP contribution in [0, 0.1) is 5.92 Å². The zero-order chi connectivity index (χ0) is 19.8. The molecule has 1 aliphatic carbocycles. The molecule has 1 aliphatic rings. The number of hydrogen-bond donors (Lipinski definition) is 3. The second kappa shape index (κ2) is 10.0. The largest absolute Gasteiger partial charge is 0.478 e. The van der Waals surface area contributed by atoms with Crippen molar-refractivity contribution in [2.75, 3.05) is 23.7 Å². The molecule has 1 saturated carbocycles. The van der Waals surface area contributed by atoms with Gasteiger partial charge in [-0.2, -0.15) is 0 Å². The van der Waals surface area contributed by atoms with Crippen LogP contribution in [0.2, 0.25) is 0 Å². The van der Waals surface area contributed by atoms with Gasteiger partial charge in [0.25, 0.3) is 0 Å². The summed E-state index contributed by atoms with van der Waals surface area (Å²) in [5, 5.41) is 16.4. The standard InChI is InChI=1S/C23H30N2O3/c1-2-3-13-24-20-14-18(23(26)27)15-21(25-16-17-9-7-8-10-17)22(20)28-19-11-5-4-6-12-19/h4-6,11-12,14-15,17,24-25H,2-3,7-10,13,16H2,1H3,(H,26,27). The number of para-hydroxylation sites is 1. The Morgan fingerprint density at radius 1 is 1.11 bits per heavy atom. The lowest BCUT2D eigenvalue weighted by Gasteiger charge is -2.20. The van der Waals surface area contributed by atoms with Gasteiger partial charge in [0.1, 0.15) is 5.75 Å². The summed E-state index contributed by atoms with van der Waals surface area (Å²) in [7, 11) is 0. The zero-order valence-corrected chi connectivity index (χ0v) is 16.5. The predicted octanol–water partition coefficient (Wildman–Crippen LogP) is 5.99. The van der Waals surface area contributed by atoms with E-state index in [2.05, 4.69) is 17.6 Å². The van der Waals surface area contributed by atoms with E-state index in [1.54, 1.807) is 12.1 Å². The van der Waals surface area contributed by atoms with Gasteiger partial charge in [0.15, 0.2) is 5.75 Å². The highest BCUT2D eigenvalue weighted by molar-refractivity contribution is 5.92. The number of carboxylic acids is 1. The van der Waals surface area contributed by atoms with Gasteiger partial charge in [0, 0.05) is 13.1 Å². The van der Waals surface area contributed by atoms with Gasteiger partial charge >= 0.3 is 5.97 Å². The van der Waals surface area contributed by atoms with E-state index in [4.69, 9.17) is 4.74 Å². The molecule has 0 unspecified atom stereocenters. The van der Waals surface area contributed by atoms with Gasteiger partial charge in [-0.15, -0.1) is 0 Å². The van der Waals surface area contributed by atoms with Crippen molar-refractivity contribution in [2.24, 2.45) is 5.92 Å². The molecule has 0 bridgehead atoms. The summed E-state index contributed by atoms with van der Waals surface area (Å²) in [5.41, 5.74) is 1.70. The molecule has 0 spiro atoms. The van der Waals surface area contributed by atoms with Gasteiger partial charge in [0.2, 0.25) is 0 Å². The number of carboxylic acid groups (broad SMARTS) is 1. The molecule has 0 aromatic heterocycles. The quantitative estimate of drug-likeness (QED) is 0.440. The zero-order valence-electron chi connectivity index (χ0n) is 16.5. The van der Waals surface area contributed by atoms with Crippen molar-refractivity contribution in [3.8, 4) is 11.5 Å². The summed E-state index contributed by atoms with van der Waals surface area (Å²) in [6.45, 7) is 3.74. The van der Waals surface area contributed by atoms with Crippen LogP contribution in [-0.4, -0.2) is 24.2 Å². The average Bonchev–Trinajstić information content (AvgIpc) is 3.22. The minimum Gasteiger partial charge on any atom is -0.478 e. The van der Waals surface area contributed by atoms with Crippen LogP contribution in [0.5, 0.6) is 11.5 Å². The molecule has 0 atom stereocenters. The average molecular weight is 383 g/mol. The first kappa shape index (κ1) is 20.1. The number of anilines is 2. The Bertz CT molecular complexity index is 771. The van der Waals surface area contributed by atoms with Crippen molar-refractivity contribution in [3.05, 3.63) is 48.0 Å². The van der Waals surface area contributed by atoms with Gasteiger partial charge in [-0.1, -0.05) is 44.4 Å². The highest BCUT2D eigenvalue weighted by Gasteiger charge is 2.19. The number of rotatable bonds is 10. The molecule has 3 rings (SSSR count). The van der Waals surface area contributed by atoms with E-state index in [9.17, 15) is 9.90 Å². The Kier molecular flexibility index (Phi) is 7.18. The van der Waals surface area contributed by atoms with E-state index in [-0.39, 0.29) is 5.56 Å². The van der Waals surface area contributed by atoms with Crippen LogP contribution in [0.25, 0.3) is 0 Å². The molecule has 2 aromatic rings. The van der Waals surface area contributed by atoms with Crippen molar-refractivity contribution in [2.45, 2.75) is 45.4 Å². The van der Waals surface area contributed by atoms with Crippen LogP contribution in [0.4, 0.5) is 11.4 Å². The van der Waals surface area contributed by atoms with Crippen LogP contribution >= 0.6 is 0 Å². The van der Waals surface area contributed by atoms with Crippen LogP contribution in [-0.2, 0) is 0 Å². The van der Waals surface area contributed by atoms with E-state index in [1.165, 1.54) is 25.7 Å². The third kappa shape index (κ3) is 5.41. The first-order chi connectivity index (χ1) is 13.7. The van der Waals surface area contributed by atoms with Crippen LogP contribution in [0.1, 0.15) is 55.8 Å². The minimum atomic E-state index is -0.936. The lowest BCUT2D eigenvalue weighted by molar-refractivity contribution is 0.0697. The molecular formula is C23H30N2O3. The van der Waals surface area contributed by atoms with E-state index >= 15 is 0 Å². The molecule has 5 heteroatoms. The Morgan fingerprint density at radius 3 is 2.43 bits per heavy atom. The van der Waals surface area contributed by atoms with E-state index in [1.807, 2.05) is 30.3 Å². The van der Waals surface area contributed by atoms with E-state index < -0.39 is 5.97 Å². The normalized spacial score (nSPS) is 14.0. The molecule has 0 radical (unpaired) electrons. The van der Waals surface area contributed by atoms with Crippen molar-refractivity contribution < 1.29 is 14.6 Å². The lowest BCUT2D eigenvalue weighted by atomic mass is 10.1. The molecule has 0 aliphatic heterocycles. The van der Waals surface area contributed by atoms with Crippen molar-refractivity contribution in [1.29, 1.82) is 0 Å². The summed E-state index contributed by atoms with van der Waals surface area (Å²) < 4.78 is 6.20. The van der Waals surface area contributed by atoms with Crippen molar-refractivity contribution in [1.82, 2.24) is 0 Å². The SMILES string of the molecule is CCCCNc1cc(C(=O)O)cc(NCC2CCCC2)c1Oc1ccccc1. The molecule has 3 N–H and O–H groups in total. The molecule has 0 amide bonds. The lowest BCUT2D eigenvalue weighted by Crippen LogP contribution is -2.13. The van der Waals surface area contributed by atoms with Crippen molar-refractivity contribution in [3.63, 3.8) is 0 Å². The highest BCUT2D eigenvalue weighted by atomic mass is 16.5. The maximum atomic E-state index is 11.7. The van der Waals surface area contributed by atoms with Gasteiger partial charge in [-0.25, -0.2) is 4.79 Å². The summed E-state index contributed by atoms with van der Waals surface area (Å²) in [5.74, 6) is 1.08. The van der Waals surface area contributed by atoms with Crippen LogP contribution in [0.3, 0.4) is 0 Å². The second-order valence-corrected chi connectivity index (χ2v) is 7.43. The Balaban J connectivity index is 1.92. The molecule has 28 heavy (non-hydrogen) atoms. The third-order valence-electron chi connectivity index (χ3n) is 5.20. The van der Waals surface area contributed by atoms with Crippen LogP contribution in [0.15, 0.2) is 42.5 Å². The first-order valence-corrected chi connectivity index (χ1v) is 10.3. The van der Waals surface area contributed by atoms with Gasteiger partial charge in [-0.3, -0.25) is 0 Å². The minimum absolute atomic E-state index is 0.258. The second-order valence-electron chi connectivity index (χ2n) is 7.43. The Hall–Kier alpha value is -2.69. The maximum absolute atomic E-state index is 11.7. The van der Waals surface area contributed by atoms with E-state index in [0.717, 1.165) is 37.4 Å². The fourth-order valence-electron chi connectivity index (χ4n) is 3.60. The molecule has 0 heterocycles. The maximum Gasteiger partial charge on any atom is 0.335 e. The molecule has 2 aromatic carbocycles. The number of benzene rings is 2. The topological polar surface area (TPSA) is 70.6 Å². The first-order valence-electron chi connectivity index (χ1n) is 10.3. The number of hydrogen-bond acceptors (Lipinski definition) is 4. The summed E-state index contributed by atoms with van der Waals surface area (Å²) in [6.07, 6.45) is 7.07.